The Morgan fingerprint density at radius 1 is 1.29 bits per heavy atom. The minimum atomic E-state index is 0. The average Bonchev–Trinajstić information content (AvgIpc) is 2.58. The van der Waals surface area contributed by atoms with Crippen LogP contribution >= 0.6 is 35.7 Å². The molecule has 24 heavy (non-hydrogen) atoms. The van der Waals surface area contributed by atoms with Crippen LogP contribution in [0.25, 0.3) is 0 Å². The van der Waals surface area contributed by atoms with Gasteiger partial charge in [0, 0.05) is 44.3 Å². The fourth-order valence-corrected chi connectivity index (χ4v) is 2.79. The summed E-state index contributed by atoms with van der Waals surface area (Å²) in [6.07, 6.45) is 4.51. The standard InChI is InChI=1S/C18H29N3OS.HI/c1-18(2,23-4)14-20-17(19-3)21-12-10-16(11-13-21)22-15-8-6-5-7-9-15;/h5-9,16H,10-14H2,1-4H3,(H,19,20);1H. The van der Waals surface area contributed by atoms with E-state index in [1.165, 1.54) is 0 Å². The molecule has 0 aliphatic carbocycles. The summed E-state index contributed by atoms with van der Waals surface area (Å²) < 4.78 is 6.27. The predicted octanol–water partition coefficient (Wildman–Crippen LogP) is 3.86. The summed E-state index contributed by atoms with van der Waals surface area (Å²) in [4.78, 5) is 6.77. The first-order valence-electron chi connectivity index (χ1n) is 8.26. The summed E-state index contributed by atoms with van der Waals surface area (Å²) in [5.41, 5.74) is 0. The SMILES string of the molecule is CN=C(NCC(C)(C)SC)N1CCC(Oc2ccccc2)CC1.I. The molecule has 1 fully saturated rings. The summed E-state index contributed by atoms with van der Waals surface area (Å²) in [5, 5.41) is 3.51. The zero-order chi connectivity index (χ0) is 16.7. The molecule has 136 valence electrons. The van der Waals surface area contributed by atoms with Crippen molar-refractivity contribution in [1.82, 2.24) is 10.2 Å². The molecular weight excluding hydrogens is 433 g/mol. The van der Waals surface area contributed by atoms with Gasteiger partial charge in [0.25, 0.3) is 0 Å². The lowest BCUT2D eigenvalue weighted by molar-refractivity contribution is 0.129. The van der Waals surface area contributed by atoms with Gasteiger partial charge >= 0.3 is 0 Å². The number of thioether (sulfide) groups is 1. The molecule has 1 saturated heterocycles. The number of aliphatic imine (C=N–C) groups is 1. The zero-order valence-corrected chi connectivity index (χ0v) is 18.3. The van der Waals surface area contributed by atoms with Crippen molar-refractivity contribution >= 4 is 41.7 Å². The molecule has 0 spiro atoms. The highest BCUT2D eigenvalue weighted by Gasteiger charge is 2.24. The monoisotopic (exact) mass is 463 g/mol. The Morgan fingerprint density at radius 3 is 2.46 bits per heavy atom. The van der Waals surface area contributed by atoms with Crippen LogP contribution in [-0.4, -0.2) is 54.6 Å². The number of hydrogen-bond donors (Lipinski definition) is 1. The summed E-state index contributed by atoms with van der Waals surface area (Å²) >= 11 is 1.87. The van der Waals surface area contributed by atoms with Crippen molar-refractivity contribution in [2.24, 2.45) is 4.99 Å². The molecule has 0 atom stereocenters. The molecule has 1 aromatic carbocycles. The van der Waals surface area contributed by atoms with E-state index >= 15 is 0 Å². The fourth-order valence-electron chi connectivity index (χ4n) is 2.57. The van der Waals surface area contributed by atoms with E-state index in [9.17, 15) is 0 Å². The number of para-hydroxylation sites is 1. The van der Waals surface area contributed by atoms with Gasteiger partial charge in [0.1, 0.15) is 11.9 Å². The van der Waals surface area contributed by atoms with E-state index in [0.717, 1.165) is 44.2 Å². The number of hydrogen-bond acceptors (Lipinski definition) is 3. The number of nitrogens with one attached hydrogen (secondary N) is 1. The minimum Gasteiger partial charge on any atom is -0.490 e. The molecule has 0 bridgehead atoms. The maximum Gasteiger partial charge on any atom is 0.193 e. The van der Waals surface area contributed by atoms with Crippen LogP contribution in [0.15, 0.2) is 35.3 Å². The van der Waals surface area contributed by atoms with Crippen molar-refractivity contribution < 1.29 is 4.74 Å². The van der Waals surface area contributed by atoms with Crippen LogP contribution in [0.5, 0.6) is 5.75 Å². The normalized spacial score (nSPS) is 16.5. The van der Waals surface area contributed by atoms with Gasteiger partial charge in [-0.1, -0.05) is 18.2 Å². The first-order chi connectivity index (χ1) is 11.0. The molecule has 4 nitrogen and oxygen atoms in total. The van der Waals surface area contributed by atoms with Crippen molar-refractivity contribution in [3.8, 4) is 5.75 Å². The van der Waals surface area contributed by atoms with Gasteiger partial charge in [0.2, 0.25) is 0 Å². The van der Waals surface area contributed by atoms with Gasteiger partial charge in [-0.05, 0) is 32.2 Å². The van der Waals surface area contributed by atoms with E-state index in [4.69, 9.17) is 4.74 Å². The zero-order valence-electron chi connectivity index (χ0n) is 15.1. The first kappa shape index (κ1) is 21.4. The third kappa shape index (κ3) is 6.70. The maximum absolute atomic E-state index is 6.06. The summed E-state index contributed by atoms with van der Waals surface area (Å²) in [7, 11) is 1.86. The quantitative estimate of drug-likeness (QED) is 0.409. The lowest BCUT2D eigenvalue weighted by Crippen LogP contribution is -2.49. The van der Waals surface area contributed by atoms with E-state index in [1.54, 1.807) is 0 Å². The molecule has 1 N–H and O–H groups in total. The molecule has 0 amide bonds. The van der Waals surface area contributed by atoms with Crippen LogP contribution < -0.4 is 10.1 Å². The number of guanidine groups is 1. The van der Waals surface area contributed by atoms with Crippen molar-refractivity contribution in [3.05, 3.63) is 30.3 Å². The molecule has 6 heteroatoms. The van der Waals surface area contributed by atoms with Crippen LogP contribution in [0, 0.1) is 0 Å². The highest BCUT2D eigenvalue weighted by atomic mass is 127. The summed E-state index contributed by atoms with van der Waals surface area (Å²) in [6.45, 7) is 7.38. The van der Waals surface area contributed by atoms with Crippen molar-refractivity contribution in [2.75, 3.05) is 32.9 Å². The molecule has 2 rings (SSSR count). The van der Waals surface area contributed by atoms with Gasteiger partial charge in [0.15, 0.2) is 5.96 Å². The number of halogens is 1. The van der Waals surface area contributed by atoms with E-state index in [-0.39, 0.29) is 28.7 Å². The minimum absolute atomic E-state index is 0. The first-order valence-corrected chi connectivity index (χ1v) is 9.49. The second-order valence-corrected chi connectivity index (χ2v) is 8.00. The van der Waals surface area contributed by atoms with Crippen LogP contribution in [0.3, 0.4) is 0 Å². The number of ether oxygens (including phenoxy) is 1. The van der Waals surface area contributed by atoms with Crippen molar-refractivity contribution in [1.29, 1.82) is 0 Å². The second-order valence-electron chi connectivity index (χ2n) is 6.48. The predicted molar refractivity (Wildman–Crippen MR) is 116 cm³/mol. The molecule has 0 radical (unpaired) electrons. The van der Waals surface area contributed by atoms with Crippen molar-refractivity contribution in [3.63, 3.8) is 0 Å². The number of benzene rings is 1. The molecule has 0 saturated carbocycles. The molecule has 0 aromatic heterocycles. The van der Waals surface area contributed by atoms with Gasteiger partial charge < -0.3 is 15.0 Å². The molecule has 1 aliphatic rings. The number of nitrogens with zero attached hydrogens (tertiary/aromatic N) is 2. The maximum atomic E-state index is 6.06. The van der Waals surface area contributed by atoms with Crippen LogP contribution in [0.2, 0.25) is 0 Å². The molecule has 1 heterocycles. The number of rotatable bonds is 5. The third-order valence-electron chi connectivity index (χ3n) is 4.22. The van der Waals surface area contributed by atoms with Gasteiger partial charge in [0.05, 0.1) is 0 Å². The largest absolute Gasteiger partial charge is 0.490 e. The Bertz CT molecular complexity index is 502. The van der Waals surface area contributed by atoms with Gasteiger partial charge in [-0.3, -0.25) is 4.99 Å². The van der Waals surface area contributed by atoms with E-state index < -0.39 is 0 Å². The van der Waals surface area contributed by atoms with Gasteiger partial charge in [-0.15, -0.1) is 24.0 Å². The number of likely N-dealkylation sites (tertiary alicyclic amines) is 1. The van der Waals surface area contributed by atoms with Crippen molar-refractivity contribution in [2.45, 2.75) is 37.5 Å². The Morgan fingerprint density at radius 2 is 1.92 bits per heavy atom. The molecule has 1 aromatic rings. The summed E-state index contributed by atoms with van der Waals surface area (Å²) in [6, 6.07) is 10.1. The second kappa shape index (κ2) is 10.4. The average molecular weight is 463 g/mol. The van der Waals surface area contributed by atoms with E-state index in [1.807, 2.05) is 49.1 Å². The Hall–Kier alpha value is -0.630. The summed E-state index contributed by atoms with van der Waals surface area (Å²) in [5.74, 6) is 1.97. The Labute approximate surface area is 167 Å². The highest BCUT2D eigenvalue weighted by Crippen LogP contribution is 2.21. The highest BCUT2D eigenvalue weighted by molar-refractivity contribution is 14.0. The lowest BCUT2D eigenvalue weighted by atomic mass is 10.1. The fraction of sp³-hybridized carbons (Fsp3) is 0.611. The molecule has 1 aliphatic heterocycles. The molecule has 0 unspecified atom stereocenters. The van der Waals surface area contributed by atoms with Crippen LogP contribution in [0.4, 0.5) is 0 Å². The van der Waals surface area contributed by atoms with E-state index in [0.29, 0.717) is 6.10 Å². The lowest BCUT2D eigenvalue weighted by Gasteiger charge is -2.35. The smallest absolute Gasteiger partial charge is 0.193 e. The molecular formula is C18H30IN3OS. The third-order valence-corrected chi connectivity index (χ3v) is 5.47. The number of piperidine rings is 1. The Kier molecular flexibility index (Phi) is 9.26. The Balaban J connectivity index is 0.00000288. The van der Waals surface area contributed by atoms with Crippen LogP contribution in [-0.2, 0) is 0 Å². The van der Waals surface area contributed by atoms with Gasteiger partial charge in [-0.25, -0.2) is 0 Å². The van der Waals surface area contributed by atoms with Gasteiger partial charge in [-0.2, -0.15) is 11.8 Å². The van der Waals surface area contributed by atoms with Crippen LogP contribution in [0.1, 0.15) is 26.7 Å². The topological polar surface area (TPSA) is 36.9 Å². The van der Waals surface area contributed by atoms with E-state index in [2.05, 4.69) is 35.3 Å².